The highest BCUT2D eigenvalue weighted by Gasteiger charge is 2.48. The third-order valence-electron chi connectivity index (χ3n) is 5.74. The fourth-order valence-corrected chi connectivity index (χ4v) is 4.29. The molecule has 6 nitrogen and oxygen atoms in total. The Morgan fingerprint density at radius 3 is 2.23 bits per heavy atom. The van der Waals surface area contributed by atoms with Crippen molar-refractivity contribution < 1.29 is 19.1 Å². The van der Waals surface area contributed by atoms with Crippen LogP contribution in [0.4, 0.5) is 5.69 Å². The van der Waals surface area contributed by atoms with Crippen LogP contribution < -0.4 is 10.2 Å². The molecule has 3 atom stereocenters. The molecule has 1 aromatic carbocycles. The molecule has 6 heteroatoms. The number of anilines is 1. The van der Waals surface area contributed by atoms with E-state index in [1.54, 1.807) is 24.3 Å². The van der Waals surface area contributed by atoms with Crippen molar-refractivity contribution >= 4 is 23.4 Å². The minimum absolute atomic E-state index is 0.0877. The summed E-state index contributed by atoms with van der Waals surface area (Å²) in [6, 6.07) is 6.72. The molecule has 0 radical (unpaired) electrons. The number of ether oxygens (including phenoxy) is 1. The van der Waals surface area contributed by atoms with Gasteiger partial charge in [0.15, 0.2) is 0 Å². The molecule has 2 aliphatic heterocycles. The van der Waals surface area contributed by atoms with Gasteiger partial charge in [0.2, 0.25) is 11.8 Å². The Bertz CT molecular complexity index is 685. The zero-order valence-electron chi connectivity index (χ0n) is 14.8. The smallest absolute Gasteiger partial charge is 0.251 e. The Morgan fingerprint density at radius 1 is 1.00 bits per heavy atom. The number of benzene rings is 1. The van der Waals surface area contributed by atoms with Gasteiger partial charge in [0.25, 0.3) is 5.91 Å². The van der Waals surface area contributed by atoms with E-state index in [-0.39, 0.29) is 35.7 Å². The van der Waals surface area contributed by atoms with Gasteiger partial charge < -0.3 is 10.1 Å². The second-order valence-electron chi connectivity index (χ2n) is 7.40. The summed E-state index contributed by atoms with van der Waals surface area (Å²) in [6.45, 7) is 1.27. The predicted octanol–water partition coefficient (Wildman–Crippen LogP) is 2.28. The van der Waals surface area contributed by atoms with E-state index in [9.17, 15) is 14.4 Å². The molecular weight excluding hydrogens is 332 g/mol. The second-order valence-corrected chi connectivity index (χ2v) is 7.40. The van der Waals surface area contributed by atoms with Crippen LogP contribution in [0.3, 0.4) is 0 Å². The van der Waals surface area contributed by atoms with E-state index in [0.29, 0.717) is 17.8 Å². The zero-order valence-corrected chi connectivity index (χ0v) is 14.8. The Morgan fingerprint density at radius 2 is 1.65 bits per heavy atom. The summed E-state index contributed by atoms with van der Waals surface area (Å²) in [7, 11) is 0. The molecule has 0 spiro atoms. The van der Waals surface area contributed by atoms with Crippen molar-refractivity contribution in [1.29, 1.82) is 0 Å². The molecule has 1 aliphatic carbocycles. The molecule has 0 unspecified atom stereocenters. The van der Waals surface area contributed by atoms with Gasteiger partial charge in [-0.1, -0.05) is 12.8 Å². The molecule has 2 heterocycles. The molecule has 3 aliphatic rings. The summed E-state index contributed by atoms with van der Waals surface area (Å²) in [4.78, 5) is 38.8. The second kappa shape index (κ2) is 7.19. The molecular formula is C20H24N2O4. The molecule has 1 N–H and O–H groups in total. The summed E-state index contributed by atoms with van der Waals surface area (Å²) in [6.07, 6.45) is 5.73. The van der Waals surface area contributed by atoms with E-state index in [4.69, 9.17) is 4.74 Å². The van der Waals surface area contributed by atoms with E-state index < -0.39 is 0 Å². The normalized spacial score (nSPS) is 28.3. The maximum atomic E-state index is 12.6. The Balaban J connectivity index is 1.43. The summed E-state index contributed by atoms with van der Waals surface area (Å²) < 4.78 is 5.50. The first-order valence-electron chi connectivity index (χ1n) is 9.53. The van der Waals surface area contributed by atoms with E-state index >= 15 is 0 Å². The summed E-state index contributed by atoms with van der Waals surface area (Å²) in [5.41, 5.74) is 1.08. The molecule has 3 fully saturated rings. The van der Waals surface area contributed by atoms with Gasteiger partial charge in [-0.25, -0.2) is 0 Å². The number of fused-ring (bicyclic) bond motifs is 1. The number of nitrogens with one attached hydrogen (secondary N) is 1. The maximum Gasteiger partial charge on any atom is 0.251 e. The Kier molecular flexibility index (Phi) is 4.76. The minimum atomic E-state index is -0.167. The zero-order chi connectivity index (χ0) is 18.1. The first-order chi connectivity index (χ1) is 12.6. The first kappa shape index (κ1) is 17.2. The molecule has 0 aromatic heterocycles. The van der Waals surface area contributed by atoms with Crippen LogP contribution in [0.1, 0.15) is 48.9 Å². The molecule has 0 bridgehead atoms. The fourth-order valence-electron chi connectivity index (χ4n) is 4.29. The van der Waals surface area contributed by atoms with E-state index in [2.05, 4.69) is 5.32 Å². The van der Waals surface area contributed by atoms with E-state index in [1.807, 2.05) is 0 Å². The number of hydrogen-bond acceptors (Lipinski definition) is 4. The summed E-state index contributed by atoms with van der Waals surface area (Å²) in [5, 5.41) is 2.88. The number of rotatable bonds is 4. The van der Waals surface area contributed by atoms with Crippen molar-refractivity contribution in [3.63, 3.8) is 0 Å². The highest BCUT2D eigenvalue weighted by atomic mass is 16.5. The minimum Gasteiger partial charge on any atom is -0.376 e. The Hall–Kier alpha value is -2.21. The SMILES string of the molecule is O=C(NC[C@@H]1CCCO1)c1ccc(N2C(=O)[C@H]3CCCC[C@H]3C2=O)cc1. The molecule has 1 aromatic rings. The lowest BCUT2D eigenvalue weighted by Gasteiger charge is -2.19. The van der Waals surface area contributed by atoms with Gasteiger partial charge in [-0.15, -0.1) is 0 Å². The standard InChI is InChI=1S/C20H24N2O4/c23-18(21-12-15-4-3-11-26-15)13-7-9-14(10-8-13)22-19(24)16-5-1-2-6-17(16)20(22)25/h7-10,15-17H,1-6,11-12H2,(H,21,23)/t15-,16-,17+/m0/s1. The monoisotopic (exact) mass is 356 g/mol. The Labute approximate surface area is 152 Å². The van der Waals surface area contributed by atoms with Gasteiger partial charge in [-0.05, 0) is 49.9 Å². The quantitative estimate of drug-likeness (QED) is 0.840. The highest BCUT2D eigenvalue weighted by Crippen LogP contribution is 2.40. The van der Waals surface area contributed by atoms with Gasteiger partial charge in [-0.3, -0.25) is 19.3 Å². The maximum absolute atomic E-state index is 12.6. The van der Waals surface area contributed by atoms with E-state index in [1.165, 1.54) is 4.90 Å². The molecule has 26 heavy (non-hydrogen) atoms. The summed E-state index contributed by atoms with van der Waals surface area (Å²) in [5.74, 6) is -0.665. The van der Waals surface area contributed by atoms with Crippen LogP contribution in [-0.4, -0.2) is 37.0 Å². The fraction of sp³-hybridized carbons (Fsp3) is 0.550. The predicted molar refractivity (Wildman–Crippen MR) is 95.7 cm³/mol. The van der Waals surface area contributed by atoms with Crippen LogP contribution in [0.2, 0.25) is 0 Å². The highest BCUT2D eigenvalue weighted by molar-refractivity contribution is 6.22. The van der Waals surface area contributed by atoms with Crippen molar-refractivity contribution in [3.8, 4) is 0 Å². The third kappa shape index (κ3) is 3.14. The topological polar surface area (TPSA) is 75.7 Å². The lowest BCUT2D eigenvalue weighted by molar-refractivity contribution is -0.122. The molecule has 3 amide bonds. The number of hydrogen-bond donors (Lipinski definition) is 1. The largest absolute Gasteiger partial charge is 0.376 e. The van der Waals surface area contributed by atoms with Crippen LogP contribution in [0.25, 0.3) is 0 Å². The molecule has 2 saturated heterocycles. The van der Waals surface area contributed by atoms with E-state index in [0.717, 1.165) is 45.1 Å². The van der Waals surface area contributed by atoms with Crippen molar-refractivity contribution in [3.05, 3.63) is 29.8 Å². The molecule has 1 saturated carbocycles. The van der Waals surface area contributed by atoms with Crippen LogP contribution in [0, 0.1) is 11.8 Å². The van der Waals surface area contributed by atoms with Crippen LogP contribution in [-0.2, 0) is 14.3 Å². The third-order valence-corrected chi connectivity index (χ3v) is 5.74. The van der Waals surface area contributed by atoms with Crippen molar-refractivity contribution in [2.75, 3.05) is 18.1 Å². The first-order valence-corrected chi connectivity index (χ1v) is 9.53. The van der Waals surface area contributed by atoms with Crippen LogP contribution >= 0.6 is 0 Å². The van der Waals surface area contributed by atoms with Crippen molar-refractivity contribution in [1.82, 2.24) is 5.32 Å². The number of carbonyl (C=O) groups excluding carboxylic acids is 3. The van der Waals surface area contributed by atoms with Gasteiger partial charge in [0, 0.05) is 18.7 Å². The van der Waals surface area contributed by atoms with Crippen LogP contribution in [0.5, 0.6) is 0 Å². The number of carbonyl (C=O) groups is 3. The number of nitrogens with zero attached hydrogens (tertiary/aromatic N) is 1. The van der Waals surface area contributed by atoms with Crippen LogP contribution in [0.15, 0.2) is 24.3 Å². The average molecular weight is 356 g/mol. The average Bonchev–Trinajstić information content (AvgIpc) is 3.28. The van der Waals surface area contributed by atoms with Gasteiger partial charge in [0.05, 0.1) is 23.6 Å². The van der Waals surface area contributed by atoms with Crippen molar-refractivity contribution in [2.45, 2.75) is 44.6 Å². The lowest BCUT2D eigenvalue weighted by Crippen LogP contribution is -2.32. The lowest BCUT2D eigenvalue weighted by atomic mass is 9.81. The van der Waals surface area contributed by atoms with Gasteiger partial charge >= 0.3 is 0 Å². The summed E-state index contributed by atoms with van der Waals surface area (Å²) >= 11 is 0. The molecule has 138 valence electrons. The van der Waals surface area contributed by atoms with Gasteiger partial charge in [0.1, 0.15) is 0 Å². The molecule has 4 rings (SSSR count). The van der Waals surface area contributed by atoms with Crippen molar-refractivity contribution in [2.24, 2.45) is 11.8 Å². The number of amides is 3. The van der Waals surface area contributed by atoms with Gasteiger partial charge in [-0.2, -0.15) is 0 Å². The number of imide groups is 1.